The van der Waals surface area contributed by atoms with Crippen molar-refractivity contribution in [2.24, 2.45) is 17.8 Å². The first-order chi connectivity index (χ1) is 23.2. The Morgan fingerprint density at radius 1 is 0.667 bits per heavy atom. The highest BCUT2D eigenvalue weighted by Crippen LogP contribution is 2.34. The van der Waals surface area contributed by atoms with Gasteiger partial charge in [0.1, 0.15) is 24.2 Å². The molecule has 7 nitrogen and oxygen atoms in total. The maximum Gasteiger partial charge on any atom is 0.124 e. The van der Waals surface area contributed by atoms with Crippen LogP contribution < -0.4 is 4.74 Å². The summed E-state index contributed by atoms with van der Waals surface area (Å²) >= 11 is 0. The molecule has 0 aliphatic rings. The highest BCUT2D eigenvalue weighted by molar-refractivity contribution is 5.39. The quantitative estimate of drug-likeness (QED) is 0.0613. The second-order valence-corrected chi connectivity index (χ2v) is 13.8. The van der Waals surface area contributed by atoms with E-state index in [1.54, 1.807) is 18.2 Å². The smallest absolute Gasteiger partial charge is 0.124 e. The second kappa shape index (κ2) is 21.9. The van der Waals surface area contributed by atoms with Crippen molar-refractivity contribution in [1.82, 2.24) is 0 Å². The molecule has 0 aliphatic heterocycles. The SMILES string of the molecule is CC(CCCCCCOCCCCc1ccccc1)CC(CC(O)c1ccc(OCC(O)c2ccc(O)c(CO)c2)c(CO)c1)C(C)C. The molecule has 0 radical (unpaired) electrons. The molecular weight excluding hydrogens is 604 g/mol. The van der Waals surface area contributed by atoms with Crippen LogP contribution in [0.1, 0.15) is 119 Å². The molecule has 5 N–H and O–H groups in total. The fourth-order valence-electron chi connectivity index (χ4n) is 6.30. The molecule has 0 aliphatic carbocycles. The topological polar surface area (TPSA) is 120 Å². The maximum absolute atomic E-state index is 11.2. The molecule has 0 heterocycles. The number of phenols is 1. The summed E-state index contributed by atoms with van der Waals surface area (Å²) in [5, 5.41) is 51.0. The van der Waals surface area contributed by atoms with Crippen molar-refractivity contribution in [3.8, 4) is 11.5 Å². The fraction of sp³-hybridized carbons (Fsp3) is 0.561. The zero-order valence-electron chi connectivity index (χ0n) is 29.4. The molecule has 0 fully saturated rings. The molecular formula is C41H60O7. The average Bonchev–Trinajstić information content (AvgIpc) is 3.09. The Labute approximate surface area is 288 Å². The Morgan fingerprint density at radius 3 is 2.02 bits per heavy atom. The molecule has 0 saturated carbocycles. The number of aryl methyl sites for hydroxylation is 1. The summed E-state index contributed by atoms with van der Waals surface area (Å²) in [6.45, 7) is 7.82. The number of aliphatic hydroxyl groups is 4. The Bertz CT molecular complexity index is 1300. The standard InChI is InChI=1S/C41H60O7/c1-30(2)35(23-31(3)13-7-4-5-11-21-47-22-12-10-16-32-14-8-6-9-15-32)26-39(45)33-18-20-41(37(25-33)28-43)48-29-40(46)34-17-19-38(44)36(24-34)27-42/h6,8-9,14-15,17-20,24-25,30-31,35,39-40,42-46H,4-5,7,10-13,16,21-23,26-29H2,1-3H3. The number of unbranched alkanes of at least 4 members (excludes halogenated alkanes) is 4. The summed E-state index contributed by atoms with van der Waals surface area (Å²) < 4.78 is 11.7. The molecule has 0 bridgehead atoms. The molecule has 0 amide bonds. The van der Waals surface area contributed by atoms with Gasteiger partial charge in [-0.15, -0.1) is 0 Å². The van der Waals surface area contributed by atoms with Crippen LogP contribution in [0.15, 0.2) is 66.7 Å². The number of hydrogen-bond acceptors (Lipinski definition) is 7. The Hall–Kier alpha value is -2.94. The van der Waals surface area contributed by atoms with Gasteiger partial charge in [-0.25, -0.2) is 0 Å². The zero-order chi connectivity index (χ0) is 34.7. The number of rotatable bonds is 24. The first-order valence-corrected chi connectivity index (χ1v) is 18.0. The van der Waals surface area contributed by atoms with Crippen molar-refractivity contribution in [2.45, 2.75) is 110 Å². The van der Waals surface area contributed by atoms with Gasteiger partial charge in [-0.2, -0.15) is 0 Å². The van der Waals surface area contributed by atoms with Crippen molar-refractivity contribution < 1.29 is 35.0 Å². The highest BCUT2D eigenvalue weighted by Gasteiger charge is 2.22. The van der Waals surface area contributed by atoms with E-state index >= 15 is 0 Å². The lowest BCUT2D eigenvalue weighted by Crippen LogP contribution is -2.17. The largest absolute Gasteiger partial charge is 0.508 e. The summed E-state index contributed by atoms with van der Waals surface area (Å²) in [7, 11) is 0. The molecule has 3 aromatic rings. The van der Waals surface area contributed by atoms with Crippen LogP contribution in [0.5, 0.6) is 11.5 Å². The lowest BCUT2D eigenvalue weighted by Gasteiger charge is -2.27. The molecule has 7 heteroatoms. The van der Waals surface area contributed by atoms with Gasteiger partial charge < -0.3 is 35.0 Å². The number of hydrogen-bond donors (Lipinski definition) is 5. The molecule has 4 atom stereocenters. The Balaban J connectivity index is 1.35. The van der Waals surface area contributed by atoms with Crippen LogP contribution in [-0.2, 0) is 24.4 Å². The molecule has 0 spiro atoms. The van der Waals surface area contributed by atoms with Crippen LogP contribution in [0, 0.1) is 17.8 Å². The summed E-state index contributed by atoms with van der Waals surface area (Å²) in [5.41, 5.74) is 3.53. The van der Waals surface area contributed by atoms with Crippen LogP contribution >= 0.6 is 0 Å². The zero-order valence-corrected chi connectivity index (χ0v) is 29.4. The van der Waals surface area contributed by atoms with Crippen LogP contribution in [-0.4, -0.2) is 45.4 Å². The van der Waals surface area contributed by atoms with Crippen LogP contribution in [0.3, 0.4) is 0 Å². The fourth-order valence-corrected chi connectivity index (χ4v) is 6.30. The number of benzene rings is 3. The maximum atomic E-state index is 11.2. The second-order valence-electron chi connectivity index (χ2n) is 13.8. The minimum absolute atomic E-state index is 0.0336. The summed E-state index contributed by atoms with van der Waals surface area (Å²) in [6, 6.07) is 20.5. The van der Waals surface area contributed by atoms with E-state index in [1.165, 1.54) is 49.8 Å². The summed E-state index contributed by atoms with van der Waals surface area (Å²) in [6.07, 6.45) is 9.46. The molecule has 4 unspecified atom stereocenters. The van der Waals surface area contributed by atoms with E-state index in [4.69, 9.17) is 9.47 Å². The average molecular weight is 665 g/mol. The van der Waals surface area contributed by atoms with Gasteiger partial charge in [0.2, 0.25) is 0 Å². The predicted octanol–water partition coefficient (Wildman–Crippen LogP) is 8.20. The van der Waals surface area contributed by atoms with Gasteiger partial charge in [-0.3, -0.25) is 0 Å². The summed E-state index contributed by atoms with van der Waals surface area (Å²) in [5.74, 6) is 1.81. The van der Waals surface area contributed by atoms with E-state index in [0.717, 1.165) is 44.5 Å². The number of ether oxygens (including phenoxy) is 2. The van der Waals surface area contributed by atoms with Crippen LogP contribution in [0.25, 0.3) is 0 Å². The van der Waals surface area contributed by atoms with Crippen LogP contribution in [0.4, 0.5) is 0 Å². The molecule has 0 aromatic heterocycles. The minimum Gasteiger partial charge on any atom is -0.508 e. The third-order valence-corrected chi connectivity index (χ3v) is 9.45. The van der Waals surface area contributed by atoms with E-state index in [9.17, 15) is 25.5 Å². The number of aromatic hydroxyl groups is 1. The van der Waals surface area contributed by atoms with E-state index in [-0.39, 0.29) is 25.6 Å². The van der Waals surface area contributed by atoms with Crippen molar-refractivity contribution in [3.05, 3.63) is 94.5 Å². The normalized spacial score (nSPS) is 14.2. The van der Waals surface area contributed by atoms with Gasteiger partial charge >= 0.3 is 0 Å². The first-order valence-electron chi connectivity index (χ1n) is 18.0. The van der Waals surface area contributed by atoms with Crippen molar-refractivity contribution >= 4 is 0 Å². The van der Waals surface area contributed by atoms with Crippen molar-refractivity contribution in [3.63, 3.8) is 0 Å². The first kappa shape index (κ1) is 39.5. The molecule has 3 rings (SSSR count). The number of aliphatic hydroxyl groups excluding tert-OH is 4. The molecule has 266 valence electrons. The Kier molecular flexibility index (Phi) is 18.0. The van der Waals surface area contributed by atoms with Crippen molar-refractivity contribution in [1.29, 1.82) is 0 Å². The van der Waals surface area contributed by atoms with E-state index < -0.39 is 12.2 Å². The molecule has 0 saturated heterocycles. The van der Waals surface area contributed by atoms with Crippen molar-refractivity contribution in [2.75, 3.05) is 19.8 Å². The monoisotopic (exact) mass is 664 g/mol. The molecule has 48 heavy (non-hydrogen) atoms. The van der Waals surface area contributed by atoms with E-state index in [0.29, 0.717) is 46.6 Å². The van der Waals surface area contributed by atoms with E-state index in [2.05, 4.69) is 51.1 Å². The third kappa shape index (κ3) is 13.9. The lowest BCUT2D eigenvalue weighted by molar-refractivity contribution is 0.105. The lowest BCUT2D eigenvalue weighted by atomic mass is 9.80. The van der Waals surface area contributed by atoms with Gasteiger partial charge in [0.15, 0.2) is 0 Å². The Morgan fingerprint density at radius 2 is 1.31 bits per heavy atom. The third-order valence-electron chi connectivity index (χ3n) is 9.45. The van der Waals surface area contributed by atoms with Gasteiger partial charge in [0.25, 0.3) is 0 Å². The van der Waals surface area contributed by atoms with Gasteiger partial charge in [0, 0.05) is 24.3 Å². The molecule has 3 aromatic carbocycles. The highest BCUT2D eigenvalue weighted by atomic mass is 16.5. The van der Waals surface area contributed by atoms with Gasteiger partial charge in [-0.1, -0.05) is 88.9 Å². The van der Waals surface area contributed by atoms with Gasteiger partial charge in [-0.05, 0) is 97.2 Å². The predicted molar refractivity (Wildman–Crippen MR) is 192 cm³/mol. The van der Waals surface area contributed by atoms with Gasteiger partial charge in [0.05, 0.1) is 19.3 Å². The minimum atomic E-state index is -0.985. The summed E-state index contributed by atoms with van der Waals surface area (Å²) in [4.78, 5) is 0. The van der Waals surface area contributed by atoms with Crippen LogP contribution in [0.2, 0.25) is 0 Å². The van der Waals surface area contributed by atoms with E-state index in [1.807, 2.05) is 6.07 Å².